The number of fused-ring (bicyclic) bond motifs is 1. The fourth-order valence-corrected chi connectivity index (χ4v) is 4.55. The topological polar surface area (TPSA) is 99.2 Å². The molecule has 5 rings (SSSR count). The van der Waals surface area contributed by atoms with Gasteiger partial charge in [-0.2, -0.15) is 18.2 Å². The first-order valence-corrected chi connectivity index (χ1v) is 12.0. The Labute approximate surface area is 210 Å². The Hall–Kier alpha value is -4.15. The molecular weight excluding hydrogens is 485 g/mol. The molecule has 2 N–H and O–H groups in total. The molecule has 1 atom stereocenters. The number of carbonyl (C=O) groups excluding carboxylic acids is 1. The first kappa shape index (κ1) is 24.5. The maximum absolute atomic E-state index is 13.1. The van der Waals surface area contributed by atoms with Crippen molar-refractivity contribution in [1.82, 2.24) is 19.7 Å². The molecule has 192 valence electrons. The Morgan fingerprint density at radius 3 is 2.51 bits per heavy atom. The van der Waals surface area contributed by atoms with Crippen LogP contribution in [0.1, 0.15) is 25.3 Å². The summed E-state index contributed by atoms with van der Waals surface area (Å²) in [7, 11) is 0. The summed E-state index contributed by atoms with van der Waals surface area (Å²) in [6.45, 7) is 3.16. The van der Waals surface area contributed by atoms with Crippen molar-refractivity contribution in [2.75, 3.05) is 30.3 Å². The van der Waals surface area contributed by atoms with Crippen molar-refractivity contribution in [2.24, 2.45) is 5.92 Å². The number of aromatic nitrogens is 4. The normalized spacial score (nSPS) is 16.2. The lowest BCUT2D eigenvalue weighted by molar-refractivity contribution is -0.148. The van der Waals surface area contributed by atoms with E-state index in [1.54, 1.807) is 6.92 Å². The summed E-state index contributed by atoms with van der Waals surface area (Å²) in [5, 5.41) is 5.03. The molecule has 0 saturated carbocycles. The van der Waals surface area contributed by atoms with Crippen molar-refractivity contribution in [3.63, 3.8) is 0 Å². The Bertz CT molecular complexity index is 1420. The standard InChI is InChI=1S/C26H25F3N6O2/c1-2-37-24(36)17-9-6-14-34(15-17)25-31-21(16-7-4-3-5-8-16)20-22(30)35(33-23(20)32-25)19-12-10-18(11-13-19)26(27,28)29/h3-5,7-8,10-13,17H,2,6,9,14-15,30H2,1H3. The van der Waals surface area contributed by atoms with E-state index in [1.807, 2.05) is 35.2 Å². The van der Waals surface area contributed by atoms with Gasteiger partial charge < -0.3 is 15.4 Å². The molecule has 3 heterocycles. The van der Waals surface area contributed by atoms with E-state index in [9.17, 15) is 18.0 Å². The van der Waals surface area contributed by atoms with Gasteiger partial charge in [-0.1, -0.05) is 30.3 Å². The zero-order chi connectivity index (χ0) is 26.2. The van der Waals surface area contributed by atoms with Crippen molar-refractivity contribution in [3.8, 4) is 16.9 Å². The minimum absolute atomic E-state index is 0.211. The van der Waals surface area contributed by atoms with E-state index in [4.69, 9.17) is 15.5 Å². The van der Waals surface area contributed by atoms with Crippen LogP contribution in [0, 0.1) is 5.92 Å². The summed E-state index contributed by atoms with van der Waals surface area (Å²) in [6.07, 6.45) is -2.96. The van der Waals surface area contributed by atoms with Crippen LogP contribution in [0.15, 0.2) is 54.6 Å². The molecule has 0 spiro atoms. The predicted molar refractivity (Wildman–Crippen MR) is 133 cm³/mol. The highest BCUT2D eigenvalue weighted by Gasteiger charge is 2.31. The molecule has 0 amide bonds. The van der Waals surface area contributed by atoms with Crippen LogP contribution in [0.25, 0.3) is 28.0 Å². The number of nitrogens with zero attached hydrogens (tertiary/aromatic N) is 5. The number of hydrogen-bond acceptors (Lipinski definition) is 7. The van der Waals surface area contributed by atoms with E-state index in [2.05, 4.69) is 10.1 Å². The molecule has 37 heavy (non-hydrogen) atoms. The third-order valence-electron chi connectivity index (χ3n) is 6.37. The highest BCUT2D eigenvalue weighted by molar-refractivity contribution is 5.99. The van der Waals surface area contributed by atoms with Gasteiger partial charge in [0.1, 0.15) is 5.82 Å². The van der Waals surface area contributed by atoms with Gasteiger partial charge in [0.15, 0.2) is 5.65 Å². The molecule has 1 aliphatic rings. The molecule has 4 aromatic rings. The van der Waals surface area contributed by atoms with Crippen molar-refractivity contribution in [2.45, 2.75) is 25.9 Å². The van der Waals surface area contributed by atoms with Gasteiger partial charge in [-0.05, 0) is 44.0 Å². The van der Waals surface area contributed by atoms with Crippen LogP contribution >= 0.6 is 0 Å². The summed E-state index contributed by atoms with van der Waals surface area (Å²) in [5.74, 6) is 0.0796. The van der Waals surface area contributed by atoms with Gasteiger partial charge in [-0.3, -0.25) is 4.79 Å². The van der Waals surface area contributed by atoms with Crippen LogP contribution in [0.3, 0.4) is 0 Å². The molecule has 0 bridgehead atoms. The van der Waals surface area contributed by atoms with Gasteiger partial charge in [-0.15, -0.1) is 5.10 Å². The van der Waals surface area contributed by atoms with Crippen molar-refractivity contribution in [3.05, 3.63) is 60.2 Å². The van der Waals surface area contributed by atoms with Crippen molar-refractivity contribution >= 4 is 28.8 Å². The largest absolute Gasteiger partial charge is 0.466 e. The minimum Gasteiger partial charge on any atom is -0.466 e. The van der Waals surface area contributed by atoms with Crippen LogP contribution in [-0.4, -0.2) is 45.4 Å². The first-order chi connectivity index (χ1) is 17.8. The maximum Gasteiger partial charge on any atom is 0.416 e. The quantitative estimate of drug-likeness (QED) is 0.383. The fourth-order valence-electron chi connectivity index (χ4n) is 4.55. The molecule has 0 aliphatic carbocycles. The van der Waals surface area contributed by atoms with E-state index in [0.717, 1.165) is 30.5 Å². The predicted octanol–water partition coefficient (Wildman–Crippen LogP) is 4.86. The van der Waals surface area contributed by atoms with Crippen molar-refractivity contribution in [1.29, 1.82) is 0 Å². The molecular formula is C26H25F3N6O2. The van der Waals surface area contributed by atoms with E-state index in [0.29, 0.717) is 48.1 Å². The van der Waals surface area contributed by atoms with Crippen LogP contribution in [0.2, 0.25) is 0 Å². The number of piperidine rings is 1. The SMILES string of the molecule is CCOC(=O)C1CCCN(c2nc(-c3ccccc3)c3c(N)n(-c4ccc(C(F)(F)F)cc4)nc3n2)C1. The molecule has 1 fully saturated rings. The number of ether oxygens (including phenoxy) is 1. The Balaban J connectivity index is 1.61. The van der Waals surface area contributed by atoms with Gasteiger partial charge in [0.2, 0.25) is 5.95 Å². The number of hydrogen-bond donors (Lipinski definition) is 1. The van der Waals surface area contributed by atoms with Gasteiger partial charge in [0.05, 0.1) is 34.9 Å². The number of benzene rings is 2. The Kier molecular flexibility index (Phi) is 6.45. The first-order valence-electron chi connectivity index (χ1n) is 12.0. The fraction of sp³-hybridized carbons (Fsp3) is 0.308. The molecule has 1 saturated heterocycles. The summed E-state index contributed by atoms with van der Waals surface area (Å²) < 4.78 is 45.7. The lowest BCUT2D eigenvalue weighted by Gasteiger charge is -2.31. The van der Waals surface area contributed by atoms with E-state index < -0.39 is 11.7 Å². The van der Waals surface area contributed by atoms with Crippen LogP contribution < -0.4 is 10.6 Å². The van der Waals surface area contributed by atoms with Gasteiger partial charge >= 0.3 is 12.1 Å². The molecule has 11 heteroatoms. The van der Waals surface area contributed by atoms with E-state index in [1.165, 1.54) is 16.8 Å². The maximum atomic E-state index is 13.1. The Morgan fingerprint density at radius 2 is 1.84 bits per heavy atom. The summed E-state index contributed by atoms with van der Waals surface area (Å²) >= 11 is 0. The second kappa shape index (κ2) is 9.72. The van der Waals surface area contributed by atoms with Gasteiger partial charge in [0.25, 0.3) is 0 Å². The number of rotatable bonds is 5. The average molecular weight is 511 g/mol. The highest BCUT2D eigenvalue weighted by atomic mass is 19.4. The molecule has 2 aromatic heterocycles. The highest BCUT2D eigenvalue weighted by Crippen LogP contribution is 2.35. The number of carbonyl (C=O) groups is 1. The Morgan fingerprint density at radius 1 is 1.11 bits per heavy atom. The summed E-state index contributed by atoms with van der Waals surface area (Å²) in [6, 6.07) is 14.0. The second-order valence-electron chi connectivity index (χ2n) is 8.82. The van der Waals surface area contributed by atoms with Crippen molar-refractivity contribution < 1.29 is 22.7 Å². The van der Waals surface area contributed by atoms with Crippen LogP contribution in [-0.2, 0) is 15.7 Å². The number of esters is 1. The minimum atomic E-state index is -4.45. The third-order valence-corrected chi connectivity index (χ3v) is 6.37. The number of anilines is 2. The zero-order valence-electron chi connectivity index (χ0n) is 20.1. The van der Waals surface area contributed by atoms with Gasteiger partial charge in [-0.25, -0.2) is 9.67 Å². The smallest absolute Gasteiger partial charge is 0.416 e. The zero-order valence-corrected chi connectivity index (χ0v) is 20.1. The summed E-state index contributed by atoms with van der Waals surface area (Å²) in [4.78, 5) is 23.8. The second-order valence-corrected chi connectivity index (χ2v) is 8.82. The van der Waals surface area contributed by atoms with E-state index >= 15 is 0 Å². The third kappa shape index (κ3) is 4.81. The monoisotopic (exact) mass is 510 g/mol. The number of alkyl halides is 3. The van der Waals surface area contributed by atoms with Gasteiger partial charge in [0, 0.05) is 18.7 Å². The molecule has 8 nitrogen and oxygen atoms in total. The average Bonchev–Trinajstić information content (AvgIpc) is 3.24. The molecule has 0 radical (unpaired) electrons. The lowest BCUT2D eigenvalue weighted by Crippen LogP contribution is -2.40. The molecule has 1 unspecified atom stereocenters. The van der Waals surface area contributed by atoms with E-state index in [-0.39, 0.29) is 17.7 Å². The molecule has 2 aromatic carbocycles. The van der Waals surface area contributed by atoms with Crippen LogP contribution in [0.5, 0.6) is 0 Å². The number of halogens is 3. The number of nitrogens with two attached hydrogens (primary N) is 1. The van der Waals surface area contributed by atoms with Crippen LogP contribution in [0.4, 0.5) is 24.9 Å². The lowest BCUT2D eigenvalue weighted by atomic mass is 9.98. The number of nitrogen functional groups attached to an aromatic ring is 1. The summed E-state index contributed by atoms with van der Waals surface area (Å²) in [5.41, 5.74) is 7.72. The molecule has 1 aliphatic heterocycles.